The molecule has 15 heavy (non-hydrogen) atoms. The van der Waals surface area contributed by atoms with Crippen LogP contribution in [0.15, 0.2) is 34.5 Å². The Balaban J connectivity index is 1.93. The van der Waals surface area contributed by atoms with E-state index < -0.39 is 0 Å². The number of hydrogen-bond acceptors (Lipinski definition) is 3. The van der Waals surface area contributed by atoms with E-state index in [1.54, 1.807) is 6.20 Å². The first-order chi connectivity index (χ1) is 7.36. The molecule has 0 atom stereocenters. The molecule has 1 N–H and O–H groups in total. The first kappa shape index (κ1) is 10.6. The van der Waals surface area contributed by atoms with E-state index in [9.17, 15) is 0 Å². The molecule has 0 amide bonds. The smallest absolute Gasteiger partial charge is 0.140 e. The molecule has 0 saturated carbocycles. The van der Waals surface area contributed by atoms with Crippen LogP contribution in [0.4, 0.5) is 5.82 Å². The van der Waals surface area contributed by atoms with Gasteiger partial charge < -0.3 is 10.1 Å². The van der Waals surface area contributed by atoms with Gasteiger partial charge in [-0.15, -0.1) is 0 Å². The normalized spacial score (nSPS) is 15.9. The molecule has 0 bridgehead atoms. The average molecular weight is 269 g/mol. The Hall–Kier alpha value is -0.870. The highest BCUT2D eigenvalue weighted by Gasteiger charge is 2.04. The van der Waals surface area contributed by atoms with Crippen molar-refractivity contribution in [2.45, 2.75) is 6.42 Å². The highest BCUT2D eigenvalue weighted by atomic mass is 79.9. The lowest BCUT2D eigenvalue weighted by Gasteiger charge is -2.14. The lowest BCUT2D eigenvalue weighted by Crippen LogP contribution is -2.12. The topological polar surface area (TPSA) is 34.2 Å². The van der Waals surface area contributed by atoms with Crippen molar-refractivity contribution in [1.29, 1.82) is 0 Å². The second-order valence-corrected chi connectivity index (χ2v) is 4.23. The van der Waals surface area contributed by atoms with Crippen LogP contribution in [-0.2, 0) is 4.74 Å². The molecule has 2 heterocycles. The van der Waals surface area contributed by atoms with Crippen molar-refractivity contribution in [3.8, 4) is 0 Å². The third-order valence-electron chi connectivity index (χ3n) is 2.30. The number of hydrogen-bond donors (Lipinski definition) is 1. The summed E-state index contributed by atoms with van der Waals surface area (Å²) in [4.78, 5) is 4.25. The van der Waals surface area contributed by atoms with Crippen molar-refractivity contribution in [3.63, 3.8) is 0 Å². The van der Waals surface area contributed by atoms with Crippen LogP contribution in [0.1, 0.15) is 6.42 Å². The summed E-state index contributed by atoms with van der Waals surface area (Å²) in [5.74, 6) is 0.893. The zero-order valence-electron chi connectivity index (χ0n) is 8.37. The number of anilines is 1. The van der Waals surface area contributed by atoms with Crippen molar-refractivity contribution < 1.29 is 4.74 Å². The third kappa shape index (κ3) is 3.04. The molecule has 0 saturated heterocycles. The van der Waals surface area contributed by atoms with E-state index in [1.807, 2.05) is 12.1 Å². The van der Waals surface area contributed by atoms with E-state index in [-0.39, 0.29) is 0 Å². The van der Waals surface area contributed by atoms with Gasteiger partial charge in [0.05, 0.1) is 17.7 Å². The summed E-state index contributed by atoms with van der Waals surface area (Å²) < 4.78 is 6.24. The molecular weight excluding hydrogens is 256 g/mol. The largest absolute Gasteiger partial charge is 0.377 e. The molecule has 1 aromatic heterocycles. The number of nitrogens with zero attached hydrogens (tertiary/aromatic N) is 1. The average Bonchev–Trinajstić information content (AvgIpc) is 2.29. The van der Waals surface area contributed by atoms with Gasteiger partial charge in [-0.25, -0.2) is 4.98 Å². The molecule has 0 fully saturated rings. The fourth-order valence-electron chi connectivity index (χ4n) is 1.44. The number of rotatable bonds is 3. The molecule has 0 aromatic carbocycles. The van der Waals surface area contributed by atoms with Crippen LogP contribution in [0, 0.1) is 0 Å². The second-order valence-electron chi connectivity index (χ2n) is 3.37. The summed E-state index contributed by atoms with van der Waals surface area (Å²) >= 11 is 3.45. The molecule has 1 aliphatic rings. The van der Waals surface area contributed by atoms with E-state index in [0.29, 0.717) is 0 Å². The van der Waals surface area contributed by atoms with Crippen molar-refractivity contribution in [2.75, 3.05) is 25.1 Å². The quantitative estimate of drug-likeness (QED) is 0.856. The number of halogens is 1. The van der Waals surface area contributed by atoms with Gasteiger partial charge >= 0.3 is 0 Å². The van der Waals surface area contributed by atoms with E-state index in [2.05, 4.69) is 32.3 Å². The molecule has 0 spiro atoms. The van der Waals surface area contributed by atoms with Gasteiger partial charge in [0.25, 0.3) is 0 Å². The maximum absolute atomic E-state index is 5.25. The van der Waals surface area contributed by atoms with Crippen LogP contribution in [0.3, 0.4) is 0 Å². The number of aromatic nitrogens is 1. The van der Waals surface area contributed by atoms with Gasteiger partial charge in [-0.1, -0.05) is 11.6 Å². The van der Waals surface area contributed by atoms with Crippen LogP contribution < -0.4 is 5.32 Å². The van der Waals surface area contributed by atoms with Gasteiger partial charge in [-0.05, 0) is 34.5 Å². The monoisotopic (exact) mass is 268 g/mol. The van der Waals surface area contributed by atoms with Gasteiger partial charge in [0.15, 0.2) is 0 Å². The number of pyridine rings is 1. The molecule has 1 aromatic rings. The Kier molecular flexibility index (Phi) is 3.75. The molecule has 0 radical (unpaired) electrons. The molecule has 1 aliphatic heterocycles. The molecule has 4 heteroatoms. The van der Waals surface area contributed by atoms with Gasteiger partial charge in [0.2, 0.25) is 0 Å². The minimum absolute atomic E-state index is 0.737. The van der Waals surface area contributed by atoms with Crippen LogP contribution in [0.25, 0.3) is 0 Å². The number of ether oxygens (including phenoxy) is 1. The summed E-state index contributed by atoms with van der Waals surface area (Å²) in [5.41, 5.74) is 1.39. The molecule has 3 nitrogen and oxygen atoms in total. The Bertz CT molecular complexity index is 365. The molecule has 2 rings (SSSR count). The van der Waals surface area contributed by atoms with Gasteiger partial charge in [0, 0.05) is 12.7 Å². The lowest BCUT2D eigenvalue weighted by atomic mass is 10.1. The van der Waals surface area contributed by atoms with Crippen molar-refractivity contribution >= 4 is 21.7 Å². The van der Waals surface area contributed by atoms with Gasteiger partial charge in [-0.2, -0.15) is 0 Å². The van der Waals surface area contributed by atoms with Crippen molar-refractivity contribution in [1.82, 2.24) is 4.98 Å². The summed E-state index contributed by atoms with van der Waals surface area (Å²) in [6.45, 7) is 2.41. The van der Waals surface area contributed by atoms with E-state index in [0.717, 1.165) is 36.5 Å². The molecule has 0 aliphatic carbocycles. The van der Waals surface area contributed by atoms with E-state index >= 15 is 0 Å². The maximum Gasteiger partial charge on any atom is 0.140 e. The molecule has 0 unspecified atom stereocenters. The standard InChI is InChI=1S/C11H13BrN2O/c12-10-2-1-5-13-11(10)14-8-9-3-6-15-7-4-9/h1-3,5H,4,6-8H2,(H,13,14). The maximum atomic E-state index is 5.25. The highest BCUT2D eigenvalue weighted by Crippen LogP contribution is 2.19. The predicted molar refractivity (Wildman–Crippen MR) is 63.9 cm³/mol. The van der Waals surface area contributed by atoms with E-state index in [1.165, 1.54) is 5.57 Å². The summed E-state index contributed by atoms with van der Waals surface area (Å²) in [6.07, 6.45) is 4.93. The van der Waals surface area contributed by atoms with Crippen LogP contribution in [0.5, 0.6) is 0 Å². The summed E-state index contributed by atoms with van der Waals surface area (Å²) in [6, 6.07) is 3.89. The zero-order valence-corrected chi connectivity index (χ0v) is 9.96. The molecule has 80 valence electrons. The summed E-state index contributed by atoms with van der Waals surface area (Å²) in [7, 11) is 0. The van der Waals surface area contributed by atoms with Crippen molar-refractivity contribution in [3.05, 3.63) is 34.5 Å². The lowest BCUT2D eigenvalue weighted by molar-refractivity contribution is 0.154. The second kappa shape index (κ2) is 5.28. The zero-order chi connectivity index (χ0) is 10.5. The SMILES string of the molecule is Brc1cccnc1NCC1=CCOCC1. The molecular formula is C11H13BrN2O. The first-order valence-electron chi connectivity index (χ1n) is 4.96. The fraction of sp³-hybridized carbons (Fsp3) is 0.364. The van der Waals surface area contributed by atoms with E-state index in [4.69, 9.17) is 4.74 Å². The van der Waals surface area contributed by atoms with Gasteiger partial charge in [0.1, 0.15) is 5.82 Å². The first-order valence-corrected chi connectivity index (χ1v) is 5.75. The minimum Gasteiger partial charge on any atom is -0.377 e. The van der Waals surface area contributed by atoms with Crippen LogP contribution in [0.2, 0.25) is 0 Å². The fourth-order valence-corrected chi connectivity index (χ4v) is 1.83. The van der Waals surface area contributed by atoms with Gasteiger partial charge in [-0.3, -0.25) is 0 Å². The third-order valence-corrected chi connectivity index (χ3v) is 2.94. The predicted octanol–water partition coefficient (Wildman–Crippen LogP) is 2.60. The Morgan fingerprint density at radius 3 is 3.20 bits per heavy atom. The minimum atomic E-state index is 0.737. The highest BCUT2D eigenvalue weighted by molar-refractivity contribution is 9.10. The Morgan fingerprint density at radius 2 is 2.47 bits per heavy atom. The number of nitrogens with one attached hydrogen (secondary N) is 1. The van der Waals surface area contributed by atoms with Crippen LogP contribution >= 0.6 is 15.9 Å². The Labute approximate surface area is 97.7 Å². The van der Waals surface area contributed by atoms with Crippen molar-refractivity contribution in [2.24, 2.45) is 0 Å². The Morgan fingerprint density at radius 1 is 1.53 bits per heavy atom. The van der Waals surface area contributed by atoms with Crippen LogP contribution in [-0.4, -0.2) is 24.7 Å². The summed E-state index contributed by atoms with van der Waals surface area (Å²) in [5, 5.41) is 3.30.